The summed E-state index contributed by atoms with van der Waals surface area (Å²) in [5.41, 5.74) is 3.91. The number of nitrogens with zero attached hydrogens (tertiary/aromatic N) is 1. The Kier molecular flexibility index (Phi) is 5.12. The molecule has 1 aliphatic heterocycles. The molecule has 4 nitrogen and oxygen atoms in total. The van der Waals surface area contributed by atoms with Crippen molar-refractivity contribution in [2.45, 2.75) is 46.6 Å². The molecule has 2 aromatic rings. The predicted molar refractivity (Wildman–Crippen MR) is 105 cm³/mol. The Bertz CT molecular complexity index is 807. The van der Waals surface area contributed by atoms with Crippen LogP contribution in [0.15, 0.2) is 48.5 Å². The van der Waals surface area contributed by atoms with Crippen LogP contribution in [0.4, 0.5) is 11.4 Å². The van der Waals surface area contributed by atoms with Gasteiger partial charge in [-0.2, -0.15) is 0 Å². The van der Waals surface area contributed by atoms with Gasteiger partial charge in [0, 0.05) is 24.2 Å². The van der Waals surface area contributed by atoms with E-state index in [2.05, 4.69) is 5.32 Å². The minimum absolute atomic E-state index is 0.0190. The molecular weight excluding hydrogens is 324 g/mol. The molecule has 0 unspecified atom stereocenters. The molecule has 0 aromatic heterocycles. The summed E-state index contributed by atoms with van der Waals surface area (Å²) in [6.07, 6.45) is 1.68. The first kappa shape index (κ1) is 18.2. The molecule has 26 heavy (non-hydrogen) atoms. The first-order valence-electron chi connectivity index (χ1n) is 9.09. The standard InChI is InChI=1S/C22H26N2O2/c1-22(2,3)14-20(25)23-18-10-11-19-17(13-18)9-12-21(26)24(19)15-16-7-5-4-6-8-16/h4-8,10-11,13H,9,12,14-15H2,1-3H3,(H,23,25). The highest BCUT2D eigenvalue weighted by atomic mass is 16.2. The second-order valence-corrected chi connectivity index (χ2v) is 8.09. The number of benzene rings is 2. The van der Waals surface area contributed by atoms with Crippen LogP contribution in [0.3, 0.4) is 0 Å². The zero-order chi connectivity index (χ0) is 18.7. The lowest BCUT2D eigenvalue weighted by Gasteiger charge is -2.30. The van der Waals surface area contributed by atoms with Crippen molar-refractivity contribution >= 4 is 23.2 Å². The number of aryl methyl sites for hydroxylation is 1. The van der Waals surface area contributed by atoms with Crippen LogP contribution < -0.4 is 10.2 Å². The van der Waals surface area contributed by atoms with E-state index in [0.717, 1.165) is 22.5 Å². The molecule has 1 aliphatic rings. The quantitative estimate of drug-likeness (QED) is 0.880. The third-order valence-electron chi connectivity index (χ3n) is 4.44. The van der Waals surface area contributed by atoms with E-state index in [1.54, 1.807) is 0 Å². The van der Waals surface area contributed by atoms with Crippen molar-refractivity contribution in [3.05, 3.63) is 59.7 Å². The molecule has 0 bridgehead atoms. The van der Waals surface area contributed by atoms with Crippen molar-refractivity contribution in [2.75, 3.05) is 10.2 Å². The maximum atomic E-state index is 12.4. The molecule has 0 saturated carbocycles. The predicted octanol–water partition coefficient (Wildman–Crippen LogP) is 4.54. The summed E-state index contributed by atoms with van der Waals surface area (Å²) in [6, 6.07) is 15.8. The lowest BCUT2D eigenvalue weighted by atomic mass is 9.92. The second kappa shape index (κ2) is 7.32. The van der Waals surface area contributed by atoms with Gasteiger partial charge in [-0.1, -0.05) is 51.1 Å². The van der Waals surface area contributed by atoms with E-state index < -0.39 is 0 Å². The average Bonchev–Trinajstić information content (AvgIpc) is 2.56. The van der Waals surface area contributed by atoms with Crippen molar-refractivity contribution in [2.24, 2.45) is 5.41 Å². The van der Waals surface area contributed by atoms with E-state index in [-0.39, 0.29) is 17.2 Å². The van der Waals surface area contributed by atoms with Gasteiger partial charge in [-0.05, 0) is 41.2 Å². The minimum Gasteiger partial charge on any atom is -0.326 e. The molecule has 0 aliphatic carbocycles. The summed E-state index contributed by atoms with van der Waals surface area (Å²) < 4.78 is 0. The van der Waals surface area contributed by atoms with Crippen LogP contribution in [0.1, 0.15) is 44.7 Å². The van der Waals surface area contributed by atoms with Crippen molar-refractivity contribution in [3.63, 3.8) is 0 Å². The Morgan fingerprint density at radius 3 is 2.50 bits per heavy atom. The Hall–Kier alpha value is -2.62. The number of anilines is 2. The number of rotatable bonds is 4. The highest BCUT2D eigenvalue weighted by Crippen LogP contribution is 2.32. The minimum atomic E-state index is -0.0445. The molecule has 1 N–H and O–H groups in total. The number of amides is 2. The normalized spacial score (nSPS) is 14.1. The molecule has 2 amide bonds. The van der Waals surface area contributed by atoms with Gasteiger partial charge in [0.1, 0.15) is 0 Å². The number of nitrogens with one attached hydrogen (secondary N) is 1. The van der Waals surface area contributed by atoms with Gasteiger partial charge in [0.2, 0.25) is 11.8 Å². The molecule has 0 radical (unpaired) electrons. The van der Waals surface area contributed by atoms with Crippen LogP contribution in [-0.2, 0) is 22.6 Å². The number of carbonyl (C=O) groups excluding carboxylic acids is 2. The van der Waals surface area contributed by atoms with Gasteiger partial charge in [0.25, 0.3) is 0 Å². The number of hydrogen-bond acceptors (Lipinski definition) is 2. The first-order valence-corrected chi connectivity index (χ1v) is 9.09. The van der Waals surface area contributed by atoms with Crippen LogP contribution in [0.25, 0.3) is 0 Å². The van der Waals surface area contributed by atoms with Crippen molar-refractivity contribution in [1.82, 2.24) is 0 Å². The van der Waals surface area contributed by atoms with Crippen molar-refractivity contribution in [1.29, 1.82) is 0 Å². The van der Waals surface area contributed by atoms with Gasteiger partial charge >= 0.3 is 0 Å². The van der Waals surface area contributed by atoms with Gasteiger partial charge < -0.3 is 10.2 Å². The Balaban J connectivity index is 1.78. The van der Waals surface area contributed by atoms with Crippen LogP contribution in [0.5, 0.6) is 0 Å². The highest BCUT2D eigenvalue weighted by Gasteiger charge is 2.25. The lowest BCUT2D eigenvalue weighted by Crippen LogP contribution is -2.34. The highest BCUT2D eigenvalue weighted by molar-refractivity contribution is 5.97. The molecule has 0 atom stereocenters. The zero-order valence-corrected chi connectivity index (χ0v) is 15.7. The zero-order valence-electron chi connectivity index (χ0n) is 15.7. The SMILES string of the molecule is CC(C)(C)CC(=O)Nc1ccc2c(c1)CCC(=O)N2Cc1ccccc1. The number of hydrogen-bond donors (Lipinski definition) is 1. The smallest absolute Gasteiger partial charge is 0.227 e. The van der Waals surface area contributed by atoms with Crippen molar-refractivity contribution in [3.8, 4) is 0 Å². The molecule has 136 valence electrons. The summed E-state index contributed by atoms with van der Waals surface area (Å²) >= 11 is 0. The third-order valence-corrected chi connectivity index (χ3v) is 4.44. The molecule has 2 aromatic carbocycles. The summed E-state index contributed by atoms with van der Waals surface area (Å²) in [7, 11) is 0. The van der Waals surface area contributed by atoms with E-state index >= 15 is 0 Å². The second-order valence-electron chi connectivity index (χ2n) is 8.09. The van der Waals surface area contributed by atoms with Crippen LogP contribution >= 0.6 is 0 Å². The van der Waals surface area contributed by atoms with E-state index in [9.17, 15) is 9.59 Å². The fourth-order valence-electron chi connectivity index (χ4n) is 3.26. The lowest BCUT2D eigenvalue weighted by molar-refractivity contribution is -0.119. The molecule has 4 heteroatoms. The molecule has 1 heterocycles. The van der Waals surface area contributed by atoms with Crippen LogP contribution in [0, 0.1) is 5.41 Å². The van der Waals surface area contributed by atoms with Crippen molar-refractivity contribution < 1.29 is 9.59 Å². The van der Waals surface area contributed by atoms with Crippen LogP contribution in [-0.4, -0.2) is 11.8 Å². The Morgan fingerprint density at radius 1 is 1.08 bits per heavy atom. The van der Waals surface area contributed by atoms with Gasteiger partial charge in [-0.25, -0.2) is 0 Å². The molecule has 0 fully saturated rings. The van der Waals surface area contributed by atoms with Crippen LogP contribution in [0.2, 0.25) is 0 Å². The summed E-state index contributed by atoms with van der Waals surface area (Å²) in [5, 5.41) is 2.98. The van der Waals surface area contributed by atoms with Gasteiger partial charge in [-0.3, -0.25) is 9.59 Å². The topological polar surface area (TPSA) is 49.4 Å². The number of carbonyl (C=O) groups is 2. The van der Waals surface area contributed by atoms with Gasteiger partial charge in [0.05, 0.1) is 6.54 Å². The summed E-state index contributed by atoms with van der Waals surface area (Å²) in [5.74, 6) is 0.163. The third kappa shape index (κ3) is 4.51. The van der Waals surface area contributed by atoms with Gasteiger partial charge in [-0.15, -0.1) is 0 Å². The molecule has 0 saturated heterocycles. The van der Waals surface area contributed by atoms with Gasteiger partial charge in [0.15, 0.2) is 0 Å². The van der Waals surface area contributed by atoms with E-state index in [1.165, 1.54) is 0 Å². The number of fused-ring (bicyclic) bond motifs is 1. The molecule has 0 spiro atoms. The van der Waals surface area contributed by atoms with E-state index in [4.69, 9.17) is 0 Å². The fourth-order valence-corrected chi connectivity index (χ4v) is 3.26. The fraction of sp³-hybridized carbons (Fsp3) is 0.364. The monoisotopic (exact) mass is 350 g/mol. The van der Waals surface area contributed by atoms with E-state index in [0.29, 0.717) is 25.8 Å². The average molecular weight is 350 g/mol. The molecule has 3 rings (SSSR count). The summed E-state index contributed by atoms with van der Waals surface area (Å²) in [4.78, 5) is 26.5. The maximum absolute atomic E-state index is 12.4. The maximum Gasteiger partial charge on any atom is 0.227 e. The largest absolute Gasteiger partial charge is 0.326 e. The Morgan fingerprint density at radius 2 is 1.81 bits per heavy atom. The van der Waals surface area contributed by atoms with E-state index in [1.807, 2.05) is 74.2 Å². The first-order chi connectivity index (χ1) is 12.3. The summed E-state index contributed by atoms with van der Waals surface area (Å²) in [6.45, 7) is 6.72. The molecular formula is C22H26N2O2. The Labute approximate surface area is 155 Å².